The lowest BCUT2D eigenvalue weighted by Gasteiger charge is -2.15. The van der Waals surface area contributed by atoms with Crippen LogP contribution in [0.3, 0.4) is 0 Å². The summed E-state index contributed by atoms with van der Waals surface area (Å²) in [5.41, 5.74) is 0.953. The van der Waals surface area contributed by atoms with Crippen LogP contribution in [0.25, 0.3) is 0 Å². The van der Waals surface area contributed by atoms with E-state index in [2.05, 4.69) is 5.32 Å². The predicted molar refractivity (Wildman–Crippen MR) is 40.6 cm³/mol. The summed E-state index contributed by atoms with van der Waals surface area (Å²) in [5, 5.41) is 2.84. The van der Waals surface area contributed by atoms with Gasteiger partial charge in [0, 0.05) is 11.6 Å². The molecule has 2 nitrogen and oxygen atoms in total. The monoisotopic (exact) mass is 139 g/mol. The Morgan fingerprint density at radius 2 is 2.30 bits per heavy atom. The normalized spacial score (nSPS) is 16.1. The number of carbonyl (C=O) groups is 1. The molecule has 0 aromatic heterocycles. The van der Waals surface area contributed by atoms with Crippen LogP contribution in [-0.4, -0.2) is 11.9 Å². The predicted octanol–water partition coefficient (Wildman–Crippen LogP) is 1.23. The summed E-state index contributed by atoms with van der Waals surface area (Å²) >= 11 is 0. The maximum atomic E-state index is 11.1. The summed E-state index contributed by atoms with van der Waals surface area (Å²) in [7, 11) is 0. The molecule has 1 N–H and O–H groups in total. The molecule has 0 saturated carbocycles. The summed E-state index contributed by atoms with van der Waals surface area (Å²) in [4.78, 5) is 11.1. The third-order valence-corrected chi connectivity index (χ3v) is 1.52. The number of hydrogen-bond acceptors (Lipinski definition) is 1. The van der Waals surface area contributed by atoms with E-state index >= 15 is 0 Å². The van der Waals surface area contributed by atoms with Crippen LogP contribution in [0, 0.1) is 0 Å². The lowest BCUT2D eigenvalue weighted by Crippen LogP contribution is -2.32. The van der Waals surface area contributed by atoms with Crippen LogP contribution in [0.1, 0.15) is 26.7 Å². The molecule has 0 saturated heterocycles. The van der Waals surface area contributed by atoms with Crippen LogP contribution in [0.2, 0.25) is 0 Å². The summed E-state index contributed by atoms with van der Waals surface area (Å²) in [6, 6.07) is 0.258. The zero-order valence-corrected chi connectivity index (χ0v) is 6.48. The van der Waals surface area contributed by atoms with Crippen LogP contribution in [-0.2, 0) is 4.79 Å². The Labute approximate surface area is 61.3 Å². The second kappa shape index (κ2) is 2.86. The number of carbonyl (C=O) groups excluding carboxylic acids is 1. The zero-order valence-electron chi connectivity index (χ0n) is 6.48. The molecule has 0 aromatic carbocycles. The van der Waals surface area contributed by atoms with E-state index in [9.17, 15) is 4.79 Å². The molecule has 1 rings (SSSR count). The highest BCUT2D eigenvalue weighted by molar-refractivity contribution is 5.94. The fourth-order valence-electron chi connectivity index (χ4n) is 0.850. The molecular weight excluding hydrogens is 126 g/mol. The van der Waals surface area contributed by atoms with Crippen LogP contribution in [0.4, 0.5) is 0 Å². The number of amides is 1. The van der Waals surface area contributed by atoms with Crippen molar-refractivity contribution in [3.63, 3.8) is 0 Å². The van der Waals surface area contributed by atoms with Crippen molar-refractivity contribution in [2.24, 2.45) is 0 Å². The first-order valence-corrected chi connectivity index (χ1v) is 3.70. The summed E-state index contributed by atoms with van der Waals surface area (Å²) in [6.07, 6.45) is 4.01. The summed E-state index contributed by atoms with van der Waals surface area (Å²) in [6.45, 7) is 3.94. The molecule has 0 spiro atoms. The van der Waals surface area contributed by atoms with Gasteiger partial charge in [0.05, 0.1) is 0 Å². The molecule has 0 unspecified atom stereocenters. The summed E-state index contributed by atoms with van der Waals surface area (Å²) < 4.78 is 0. The maximum Gasteiger partial charge on any atom is 0.247 e. The van der Waals surface area contributed by atoms with E-state index in [4.69, 9.17) is 0 Å². The Morgan fingerprint density at radius 3 is 2.60 bits per heavy atom. The molecule has 1 aliphatic rings. The molecule has 0 aliphatic heterocycles. The van der Waals surface area contributed by atoms with E-state index in [-0.39, 0.29) is 11.9 Å². The number of rotatable bonds is 2. The van der Waals surface area contributed by atoms with Crippen molar-refractivity contribution in [2.45, 2.75) is 32.7 Å². The van der Waals surface area contributed by atoms with E-state index in [0.29, 0.717) is 0 Å². The molecule has 0 aromatic rings. The Kier molecular flexibility index (Phi) is 2.10. The molecule has 0 atom stereocenters. The lowest BCUT2D eigenvalue weighted by molar-refractivity contribution is -0.118. The fourth-order valence-corrected chi connectivity index (χ4v) is 0.850. The molecule has 1 aliphatic carbocycles. The van der Waals surface area contributed by atoms with Crippen molar-refractivity contribution in [1.29, 1.82) is 0 Å². The standard InChI is InChI=1S/C8H13NO/c1-6(2)9-8(10)7-4-3-5-7/h4,6H,3,5H2,1-2H3,(H,9,10). The molecule has 2 heteroatoms. The van der Waals surface area contributed by atoms with Gasteiger partial charge in [0.1, 0.15) is 0 Å². The van der Waals surface area contributed by atoms with Gasteiger partial charge >= 0.3 is 0 Å². The second-order valence-electron chi connectivity index (χ2n) is 2.90. The largest absolute Gasteiger partial charge is 0.350 e. The quantitative estimate of drug-likeness (QED) is 0.612. The Morgan fingerprint density at radius 1 is 1.70 bits per heavy atom. The van der Waals surface area contributed by atoms with Gasteiger partial charge in [-0.1, -0.05) is 6.08 Å². The third-order valence-electron chi connectivity index (χ3n) is 1.52. The number of hydrogen-bond donors (Lipinski definition) is 1. The van der Waals surface area contributed by atoms with Crippen molar-refractivity contribution in [2.75, 3.05) is 0 Å². The van der Waals surface area contributed by atoms with Crippen LogP contribution >= 0.6 is 0 Å². The van der Waals surface area contributed by atoms with Gasteiger partial charge in [0.2, 0.25) is 5.91 Å². The van der Waals surface area contributed by atoms with Gasteiger partial charge < -0.3 is 5.32 Å². The Hall–Kier alpha value is -0.790. The van der Waals surface area contributed by atoms with Crippen molar-refractivity contribution in [3.8, 4) is 0 Å². The van der Waals surface area contributed by atoms with E-state index in [0.717, 1.165) is 18.4 Å². The Balaban J connectivity index is 2.35. The first kappa shape index (κ1) is 7.32. The van der Waals surface area contributed by atoms with E-state index < -0.39 is 0 Å². The molecule has 1 amide bonds. The van der Waals surface area contributed by atoms with Crippen LogP contribution in [0.15, 0.2) is 11.6 Å². The van der Waals surface area contributed by atoms with Crippen molar-refractivity contribution >= 4 is 5.91 Å². The SMILES string of the molecule is CC(C)NC(=O)C1=CCC1. The van der Waals surface area contributed by atoms with Crippen molar-refractivity contribution in [3.05, 3.63) is 11.6 Å². The third kappa shape index (κ3) is 1.59. The molecule has 0 heterocycles. The highest BCUT2D eigenvalue weighted by Crippen LogP contribution is 2.17. The lowest BCUT2D eigenvalue weighted by atomic mass is 9.98. The molecule has 0 bridgehead atoms. The van der Waals surface area contributed by atoms with Gasteiger partial charge in [0.25, 0.3) is 0 Å². The van der Waals surface area contributed by atoms with Gasteiger partial charge in [-0.3, -0.25) is 4.79 Å². The first-order valence-electron chi connectivity index (χ1n) is 3.70. The van der Waals surface area contributed by atoms with Crippen LogP contribution in [0.5, 0.6) is 0 Å². The van der Waals surface area contributed by atoms with Crippen molar-refractivity contribution in [1.82, 2.24) is 5.32 Å². The minimum absolute atomic E-state index is 0.112. The average Bonchev–Trinajstić information content (AvgIpc) is 1.55. The highest BCUT2D eigenvalue weighted by atomic mass is 16.1. The van der Waals surface area contributed by atoms with E-state index in [1.807, 2.05) is 19.9 Å². The summed E-state index contributed by atoms with van der Waals surface area (Å²) in [5.74, 6) is 0.112. The minimum Gasteiger partial charge on any atom is -0.350 e. The van der Waals surface area contributed by atoms with Crippen LogP contribution < -0.4 is 5.32 Å². The minimum atomic E-state index is 0.112. The molecular formula is C8H13NO. The van der Waals surface area contributed by atoms with Gasteiger partial charge in [0.15, 0.2) is 0 Å². The second-order valence-corrected chi connectivity index (χ2v) is 2.90. The molecule has 10 heavy (non-hydrogen) atoms. The topological polar surface area (TPSA) is 29.1 Å². The smallest absolute Gasteiger partial charge is 0.247 e. The van der Waals surface area contributed by atoms with Gasteiger partial charge in [-0.2, -0.15) is 0 Å². The molecule has 0 fully saturated rings. The molecule has 56 valence electrons. The first-order chi connectivity index (χ1) is 4.70. The number of nitrogens with one attached hydrogen (secondary N) is 1. The van der Waals surface area contributed by atoms with Gasteiger partial charge in [-0.05, 0) is 26.7 Å². The highest BCUT2D eigenvalue weighted by Gasteiger charge is 2.14. The fraction of sp³-hybridized carbons (Fsp3) is 0.625. The van der Waals surface area contributed by atoms with Gasteiger partial charge in [-0.25, -0.2) is 0 Å². The maximum absolute atomic E-state index is 11.1. The number of allylic oxidation sites excluding steroid dienone is 1. The van der Waals surface area contributed by atoms with Crippen molar-refractivity contribution < 1.29 is 4.79 Å². The van der Waals surface area contributed by atoms with E-state index in [1.165, 1.54) is 0 Å². The average molecular weight is 139 g/mol. The van der Waals surface area contributed by atoms with Gasteiger partial charge in [-0.15, -0.1) is 0 Å². The van der Waals surface area contributed by atoms with E-state index in [1.54, 1.807) is 0 Å². The molecule has 0 radical (unpaired) electrons. The Bertz CT molecular complexity index is 170. The zero-order chi connectivity index (χ0) is 7.56.